The second-order valence-corrected chi connectivity index (χ2v) is 5.15. The van der Waals surface area contributed by atoms with Gasteiger partial charge in [-0.3, -0.25) is 9.78 Å². The van der Waals surface area contributed by atoms with E-state index >= 15 is 0 Å². The lowest BCUT2D eigenvalue weighted by Crippen LogP contribution is -2.21. The quantitative estimate of drug-likeness (QED) is 0.846. The number of nitrogens with two attached hydrogens (primary N) is 1. The van der Waals surface area contributed by atoms with E-state index in [0.29, 0.717) is 11.3 Å². The summed E-state index contributed by atoms with van der Waals surface area (Å²) >= 11 is 0. The van der Waals surface area contributed by atoms with Gasteiger partial charge in [-0.15, -0.1) is 0 Å². The van der Waals surface area contributed by atoms with Gasteiger partial charge in [-0.05, 0) is 36.8 Å². The number of nitrogen functional groups attached to an aromatic ring is 1. The standard InChI is InChI=1S/C16H20N4O/c1-11(13-5-4-8-18-10-13)19-15-7-6-12(9-14(15)17)16(21)20(2)3/h4-11,19H,17H2,1-3H3. The molecule has 0 bridgehead atoms. The molecule has 5 nitrogen and oxygen atoms in total. The van der Waals surface area contributed by atoms with E-state index in [4.69, 9.17) is 5.73 Å². The van der Waals surface area contributed by atoms with Gasteiger partial charge in [-0.25, -0.2) is 0 Å². The molecule has 1 aromatic carbocycles. The summed E-state index contributed by atoms with van der Waals surface area (Å²) in [6, 6.07) is 9.29. The summed E-state index contributed by atoms with van der Waals surface area (Å²) in [4.78, 5) is 17.5. The van der Waals surface area contributed by atoms with Crippen LogP contribution in [0, 0.1) is 0 Å². The molecular weight excluding hydrogens is 264 g/mol. The molecule has 0 aliphatic rings. The van der Waals surface area contributed by atoms with Crippen molar-refractivity contribution >= 4 is 17.3 Å². The number of amides is 1. The number of carbonyl (C=O) groups excluding carboxylic acids is 1. The van der Waals surface area contributed by atoms with Gasteiger partial charge in [-0.2, -0.15) is 0 Å². The molecule has 0 saturated carbocycles. The van der Waals surface area contributed by atoms with Crippen molar-refractivity contribution < 1.29 is 4.79 Å². The van der Waals surface area contributed by atoms with Crippen LogP contribution in [-0.4, -0.2) is 29.9 Å². The molecule has 5 heteroatoms. The van der Waals surface area contributed by atoms with Crippen molar-refractivity contribution in [2.75, 3.05) is 25.1 Å². The van der Waals surface area contributed by atoms with Crippen LogP contribution >= 0.6 is 0 Å². The molecule has 21 heavy (non-hydrogen) atoms. The summed E-state index contributed by atoms with van der Waals surface area (Å²) in [6.07, 6.45) is 3.56. The third-order valence-electron chi connectivity index (χ3n) is 3.26. The predicted octanol–water partition coefficient (Wildman–Crippen LogP) is 2.54. The molecule has 3 N–H and O–H groups in total. The Balaban J connectivity index is 2.17. The third kappa shape index (κ3) is 3.51. The van der Waals surface area contributed by atoms with E-state index in [0.717, 1.165) is 11.3 Å². The number of nitrogens with zero attached hydrogens (tertiary/aromatic N) is 2. The molecule has 0 aliphatic carbocycles. The minimum atomic E-state index is -0.0615. The molecule has 1 amide bonds. The summed E-state index contributed by atoms with van der Waals surface area (Å²) in [5.74, 6) is -0.0615. The molecule has 0 aliphatic heterocycles. The number of rotatable bonds is 4. The van der Waals surface area contributed by atoms with Crippen LogP contribution in [-0.2, 0) is 0 Å². The zero-order valence-corrected chi connectivity index (χ0v) is 12.5. The molecule has 0 radical (unpaired) electrons. The number of carbonyl (C=O) groups is 1. The van der Waals surface area contributed by atoms with Gasteiger partial charge in [0, 0.05) is 32.1 Å². The molecule has 2 rings (SSSR count). The third-order valence-corrected chi connectivity index (χ3v) is 3.26. The van der Waals surface area contributed by atoms with Crippen LogP contribution in [0.2, 0.25) is 0 Å². The van der Waals surface area contributed by atoms with Gasteiger partial charge in [0.2, 0.25) is 0 Å². The molecule has 0 saturated heterocycles. The van der Waals surface area contributed by atoms with Crippen molar-refractivity contribution in [3.8, 4) is 0 Å². The van der Waals surface area contributed by atoms with E-state index in [9.17, 15) is 4.79 Å². The monoisotopic (exact) mass is 284 g/mol. The average Bonchev–Trinajstić information content (AvgIpc) is 2.49. The number of anilines is 2. The molecule has 1 unspecified atom stereocenters. The first-order chi connectivity index (χ1) is 9.99. The van der Waals surface area contributed by atoms with Crippen LogP contribution in [0.1, 0.15) is 28.9 Å². The molecule has 110 valence electrons. The van der Waals surface area contributed by atoms with Crippen molar-refractivity contribution in [3.05, 3.63) is 53.9 Å². The fourth-order valence-corrected chi connectivity index (χ4v) is 2.03. The normalized spacial score (nSPS) is 11.8. The van der Waals surface area contributed by atoms with Crippen LogP contribution in [0.25, 0.3) is 0 Å². The van der Waals surface area contributed by atoms with E-state index in [1.807, 2.05) is 31.3 Å². The van der Waals surface area contributed by atoms with E-state index in [1.54, 1.807) is 32.4 Å². The molecular formula is C16H20N4O. The van der Waals surface area contributed by atoms with Gasteiger partial charge >= 0.3 is 0 Å². The van der Waals surface area contributed by atoms with Gasteiger partial charge < -0.3 is 16.0 Å². The van der Waals surface area contributed by atoms with E-state index < -0.39 is 0 Å². The molecule has 0 spiro atoms. The Kier molecular flexibility index (Phi) is 4.42. The molecule has 0 fully saturated rings. The summed E-state index contributed by atoms with van der Waals surface area (Å²) < 4.78 is 0. The largest absolute Gasteiger partial charge is 0.397 e. The number of hydrogen-bond acceptors (Lipinski definition) is 4. The van der Waals surface area contributed by atoms with Crippen LogP contribution in [0.15, 0.2) is 42.7 Å². The zero-order valence-electron chi connectivity index (χ0n) is 12.5. The minimum Gasteiger partial charge on any atom is -0.397 e. The fourth-order valence-electron chi connectivity index (χ4n) is 2.03. The highest BCUT2D eigenvalue weighted by molar-refractivity contribution is 5.95. The topological polar surface area (TPSA) is 71.2 Å². The average molecular weight is 284 g/mol. The summed E-state index contributed by atoms with van der Waals surface area (Å²) in [5, 5.41) is 3.33. The summed E-state index contributed by atoms with van der Waals surface area (Å²) in [5.41, 5.74) is 9.05. The zero-order chi connectivity index (χ0) is 15.4. The molecule has 2 aromatic rings. The first-order valence-corrected chi connectivity index (χ1v) is 6.76. The van der Waals surface area contributed by atoms with Crippen molar-refractivity contribution in [2.45, 2.75) is 13.0 Å². The number of aromatic nitrogens is 1. The highest BCUT2D eigenvalue weighted by Gasteiger charge is 2.12. The number of benzene rings is 1. The number of nitrogens with one attached hydrogen (secondary N) is 1. The molecule has 1 heterocycles. The second-order valence-electron chi connectivity index (χ2n) is 5.15. The predicted molar refractivity (Wildman–Crippen MR) is 85.1 cm³/mol. The van der Waals surface area contributed by atoms with Gasteiger partial charge in [-0.1, -0.05) is 6.07 Å². The van der Waals surface area contributed by atoms with E-state index in [-0.39, 0.29) is 11.9 Å². The summed E-state index contributed by atoms with van der Waals surface area (Å²) in [6.45, 7) is 2.04. The molecule has 1 aromatic heterocycles. The first kappa shape index (κ1) is 14.8. The van der Waals surface area contributed by atoms with Gasteiger partial charge in [0.25, 0.3) is 5.91 Å². The fraction of sp³-hybridized carbons (Fsp3) is 0.250. The van der Waals surface area contributed by atoms with Crippen LogP contribution < -0.4 is 11.1 Å². The van der Waals surface area contributed by atoms with Gasteiger partial charge in [0.15, 0.2) is 0 Å². The van der Waals surface area contributed by atoms with Crippen LogP contribution in [0.5, 0.6) is 0 Å². The number of hydrogen-bond donors (Lipinski definition) is 2. The lowest BCUT2D eigenvalue weighted by molar-refractivity contribution is 0.0827. The van der Waals surface area contributed by atoms with Crippen molar-refractivity contribution in [1.82, 2.24) is 9.88 Å². The maximum absolute atomic E-state index is 11.9. The minimum absolute atomic E-state index is 0.0615. The van der Waals surface area contributed by atoms with Crippen LogP contribution in [0.4, 0.5) is 11.4 Å². The Hall–Kier alpha value is -2.56. The first-order valence-electron chi connectivity index (χ1n) is 6.76. The van der Waals surface area contributed by atoms with Crippen molar-refractivity contribution in [2.24, 2.45) is 0 Å². The summed E-state index contributed by atoms with van der Waals surface area (Å²) in [7, 11) is 3.43. The van der Waals surface area contributed by atoms with Crippen molar-refractivity contribution in [3.63, 3.8) is 0 Å². The Labute approximate surface area is 124 Å². The SMILES string of the molecule is CC(Nc1ccc(C(=O)N(C)C)cc1N)c1cccnc1. The van der Waals surface area contributed by atoms with Gasteiger partial charge in [0.05, 0.1) is 17.4 Å². The van der Waals surface area contributed by atoms with E-state index in [2.05, 4.69) is 10.3 Å². The Bertz CT molecular complexity index is 625. The molecule has 1 atom stereocenters. The maximum atomic E-state index is 11.9. The van der Waals surface area contributed by atoms with Crippen molar-refractivity contribution in [1.29, 1.82) is 0 Å². The lowest BCUT2D eigenvalue weighted by Gasteiger charge is -2.18. The van der Waals surface area contributed by atoms with Crippen LogP contribution in [0.3, 0.4) is 0 Å². The second kappa shape index (κ2) is 6.26. The Morgan fingerprint density at radius 2 is 2.10 bits per heavy atom. The lowest BCUT2D eigenvalue weighted by atomic mass is 10.1. The maximum Gasteiger partial charge on any atom is 0.253 e. The number of pyridine rings is 1. The highest BCUT2D eigenvalue weighted by Crippen LogP contribution is 2.25. The Morgan fingerprint density at radius 3 is 2.67 bits per heavy atom. The van der Waals surface area contributed by atoms with E-state index in [1.165, 1.54) is 4.90 Å². The smallest absolute Gasteiger partial charge is 0.253 e. The Morgan fingerprint density at radius 1 is 1.33 bits per heavy atom. The van der Waals surface area contributed by atoms with Gasteiger partial charge in [0.1, 0.15) is 0 Å². The highest BCUT2D eigenvalue weighted by atomic mass is 16.2.